The van der Waals surface area contributed by atoms with Crippen LogP contribution in [0.4, 0.5) is 17.2 Å². The van der Waals surface area contributed by atoms with Crippen molar-refractivity contribution in [2.75, 3.05) is 63.2 Å². The van der Waals surface area contributed by atoms with Crippen LogP contribution in [0.2, 0.25) is 0 Å². The third kappa shape index (κ3) is 7.98. The Morgan fingerprint density at radius 1 is 0.839 bits per heavy atom. The molecule has 8 rings (SSSR count). The highest BCUT2D eigenvalue weighted by atomic mass is 35.5. The Balaban J connectivity index is 0.000000311. The molecule has 1 aliphatic rings. The molecule has 4 N–H and O–H groups in total. The average molecular weight is 791 g/mol. The number of carbonyl (C=O) groups excluding carboxylic acids is 3. The first kappa shape index (κ1) is 38.5. The third-order valence-electron chi connectivity index (χ3n) is 10.2. The fourth-order valence-corrected chi connectivity index (χ4v) is 8.28. The Kier molecular flexibility index (Phi) is 11.4. The third-order valence-corrected chi connectivity index (χ3v) is 11.5. The van der Waals surface area contributed by atoms with E-state index in [9.17, 15) is 14.4 Å². The average Bonchev–Trinajstić information content (AvgIpc) is 3.90. The van der Waals surface area contributed by atoms with Crippen molar-refractivity contribution < 1.29 is 19.1 Å². The number of carbonyl (C=O) groups is 3. The van der Waals surface area contributed by atoms with Crippen LogP contribution in [0.15, 0.2) is 90.4 Å². The Morgan fingerprint density at radius 2 is 1.48 bits per heavy atom. The van der Waals surface area contributed by atoms with Crippen LogP contribution in [0.3, 0.4) is 0 Å². The van der Waals surface area contributed by atoms with Crippen LogP contribution in [0, 0.1) is 0 Å². The van der Waals surface area contributed by atoms with Gasteiger partial charge in [0.25, 0.3) is 11.1 Å². The summed E-state index contributed by atoms with van der Waals surface area (Å²) < 4.78 is 10.2. The molecule has 56 heavy (non-hydrogen) atoms. The number of para-hydroxylation sites is 2. The Morgan fingerprint density at radius 3 is 2.12 bits per heavy atom. The normalized spacial score (nSPS) is 13.4. The molecule has 0 spiro atoms. The van der Waals surface area contributed by atoms with Gasteiger partial charge in [0.1, 0.15) is 23.0 Å². The molecule has 2 amide bonds. The number of ether oxygens (including phenoxy) is 1. The number of methoxy groups -OCH3 is 1. The number of benzene rings is 3. The molecule has 0 bridgehead atoms. The van der Waals surface area contributed by atoms with Crippen molar-refractivity contribution in [3.05, 3.63) is 102 Å². The Bertz CT molecular complexity index is 2590. The van der Waals surface area contributed by atoms with Crippen LogP contribution in [0.25, 0.3) is 43.0 Å². The zero-order valence-corrected chi connectivity index (χ0v) is 33.2. The van der Waals surface area contributed by atoms with Crippen molar-refractivity contribution >= 4 is 89.1 Å². The number of nitrogens with two attached hydrogens (primary N) is 1. The molecule has 4 aromatic heterocycles. The van der Waals surface area contributed by atoms with Gasteiger partial charge in [-0.25, -0.2) is 4.98 Å². The van der Waals surface area contributed by atoms with E-state index in [2.05, 4.69) is 32.5 Å². The van der Waals surface area contributed by atoms with Crippen LogP contribution < -0.4 is 21.1 Å². The number of fused-ring (bicyclic) bond motifs is 3. The number of rotatable bonds is 9. The van der Waals surface area contributed by atoms with Crippen molar-refractivity contribution in [3.8, 4) is 16.9 Å². The molecule has 3 aromatic carbocycles. The fourth-order valence-electron chi connectivity index (χ4n) is 7.05. The van der Waals surface area contributed by atoms with Gasteiger partial charge in [0.05, 0.1) is 29.4 Å². The molecule has 1 aliphatic heterocycles. The number of aryl methyl sites for hydroxylation is 2. The molecule has 288 valence electrons. The number of halogens is 1. The van der Waals surface area contributed by atoms with Crippen molar-refractivity contribution in [2.24, 2.45) is 14.1 Å². The molecule has 1 fully saturated rings. The molecule has 0 unspecified atom stereocenters. The maximum atomic E-state index is 13.2. The van der Waals surface area contributed by atoms with E-state index in [1.54, 1.807) is 23.9 Å². The minimum absolute atomic E-state index is 0.0466. The van der Waals surface area contributed by atoms with Crippen molar-refractivity contribution in [1.82, 2.24) is 23.9 Å². The largest absolute Gasteiger partial charge is 0.495 e. The van der Waals surface area contributed by atoms with E-state index in [0.717, 1.165) is 75.7 Å². The molecule has 0 aliphatic carbocycles. The number of nitrogen functional groups attached to an aromatic ring is 1. The second-order valence-corrected chi connectivity index (χ2v) is 15.0. The highest BCUT2D eigenvalue weighted by molar-refractivity contribution is 7.18. The smallest absolute Gasteiger partial charge is 0.272 e. The molecule has 7 aromatic rings. The summed E-state index contributed by atoms with van der Waals surface area (Å²) in [5.41, 5.74) is 12.4. The highest BCUT2D eigenvalue weighted by Crippen LogP contribution is 2.42. The van der Waals surface area contributed by atoms with Gasteiger partial charge in [-0.15, -0.1) is 11.3 Å². The highest BCUT2D eigenvalue weighted by Gasteiger charge is 2.20. The Labute approximate surface area is 333 Å². The minimum atomic E-state index is -0.418. The molecule has 0 radical (unpaired) electrons. The van der Waals surface area contributed by atoms with Gasteiger partial charge in [-0.3, -0.25) is 14.4 Å². The maximum absolute atomic E-state index is 13.2. The SMILES string of the molecule is COc1cc(-c2csc3c(NC(=O)CCN4CCN(C)CC4)cnc(N)c23)ccc1NC(=O)c1cc2ccccc2n1C.Cn1c(C(=O)Cl)cc2ccccc21. The number of likely N-dealkylation sites (N-methyl/N-ethyl adjacent to an activating group) is 1. The summed E-state index contributed by atoms with van der Waals surface area (Å²) in [6, 6.07) is 25.0. The number of pyridine rings is 1. The van der Waals surface area contributed by atoms with Crippen molar-refractivity contribution in [1.29, 1.82) is 0 Å². The van der Waals surface area contributed by atoms with E-state index in [1.807, 2.05) is 96.8 Å². The molecule has 14 heteroatoms. The molecule has 0 atom stereocenters. The van der Waals surface area contributed by atoms with Crippen LogP contribution in [0.5, 0.6) is 5.75 Å². The van der Waals surface area contributed by atoms with E-state index < -0.39 is 5.24 Å². The van der Waals surface area contributed by atoms with Crippen molar-refractivity contribution in [3.63, 3.8) is 0 Å². The van der Waals surface area contributed by atoms with Crippen LogP contribution in [0.1, 0.15) is 27.4 Å². The zero-order chi connectivity index (χ0) is 39.5. The number of hydrogen-bond donors (Lipinski definition) is 3. The predicted molar refractivity (Wildman–Crippen MR) is 227 cm³/mol. The van der Waals surface area contributed by atoms with Crippen LogP contribution in [-0.2, 0) is 18.9 Å². The minimum Gasteiger partial charge on any atom is -0.495 e. The number of nitrogens with zero attached hydrogens (tertiary/aromatic N) is 5. The lowest BCUT2D eigenvalue weighted by atomic mass is 10.0. The number of thiophene rings is 1. The van der Waals surface area contributed by atoms with Gasteiger partial charge in [0.2, 0.25) is 5.91 Å². The summed E-state index contributed by atoms with van der Waals surface area (Å²) in [6.07, 6.45) is 2.04. The number of amides is 2. The number of aromatic nitrogens is 3. The second-order valence-electron chi connectivity index (χ2n) is 13.8. The van der Waals surface area contributed by atoms with Gasteiger partial charge in [-0.2, -0.15) is 0 Å². The number of anilines is 3. The van der Waals surface area contributed by atoms with Crippen molar-refractivity contribution in [2.45, 2.75) is 6.42 Å². The molecule has 12 nitrogen and oxygen atoms in total. The topological polar surface area (TPSA) is 140 Å². The first-order valence-electron chi connectivity index (χ1n) is 18.2. The van der Waals surface area contributed by atoms with E-state index in [1.165, 1.54) is 11.3 Å². The van der Waals surface area contributed by atoms with Gasteiger partial charge >= 0.3 is 0 Å². The van der Waals surface area contributed by atoms with E-state index in [-0.39, 0.29) is 11.8 Å². The first-order chi connectivity index (χ1) is 27.0. The lowest BCUT2D eigenvalue weighted by Gasteiger charge is -2.32. The molecule has 1 saturated heterocycles. The first-order valence-corrected chi connectivity index (χ1v) is 19.4. The standard InChI is InChI=1S/C32H35N7O3S.C10H8ClNO/c1-37-12-14-39(15-13-37)11-10-28(40)35-24-18-34-31(33)29-22(19-43-30(24)29)20-8-9-23(27(17-20)42-3)36-32(41)26-16-21-6-4-5-7-25(21)38(26)2;1-12-8-5-3-2-4-7(8)6-9(12)10(11)13/h4-9,16-19H,10-15H2,1-3H3,(H2,33,34)(H,35,40)(H,36,41);2-6H,1H3. The summed E-state index contributed by atoms with van der Waals surface area (Å²) in [5, 5.41) is 10.4. The van der Waals surface area contributed by atoms with E-state index in [0.29, 0.717) is 40.8 Å². The molecular formula is C42H43ClN8O4S. The molecule has 5 heterocycles. The second kappa shape index (κ2) is 16.6. The zero-order valence-electron chi connectivity index (χ0n) is 31.6. The van der Waals surface area contributed by atoms with Crippen LogP contribution >= 0.6 is 22.9 Å². The summed E-state index contributed by atoms with van der Waals surface area (Å²) in [6.45, 7) is 4.71. The Hall–Kier alpha value is -5.73. The number of nitrogens with one attached hydrogen (secondary N) is 2. The van der Waals surface area contributed by atoms with Crippen LogP contribution in [-0.4, -0.2) is 87.9 Å². The maximum Gasteiger partial charge on any atom is 0.272 e. The monoisotopic (exact) mass is 790 g/mol. The lowest BCUT2D eigenvalue weighted by molar-refractivity contribution is -0.116. The number of piperazine rings is 1. The predicted octanol–water partition coefficient (Wildman–Crippen LogP) is 7.43. The summed E-state index contributed by atoms with van der Waals surface area (Å²) >= 11 is 6.92. The van der Waals surface area contributed by atoms with Gasteiger partial charge < -0.3 is 40.0 Å². The number of hydrogen-bond acceptors (Lipinski definition) is 9. The molecular weight excluding hydrogens is 748 g/mol. The van der Waals surface area contributed by atoms with Gasteiger partial charge in [0, 0.05) is 91.4 Å². The summed E-state index contributed by atoms with van der Waals surface area (Å²) in [5.74, 6) is 0.625. The van der Waals surface area contributed by atoms with E-state index >= 15 is 0 Å². The fraction of sp³-hybridized carbons (Fsp3) is 0.238. The van der Waals surface area contributed by atoms with E-state index in [4.69, 9.17) is 22.1 Å². The van der Waals surface area contributed by atoms with Gasteiger partial charge in [0.15, 0.2) is 0 Å². The van der Waals surface area contributed by atoms with Gasteiger partial charge in [-0.1, -0.05) is 42.5 Å². The summed E-state index contributed by atoms with van der Waals surface area (Å²) in [7, 11) is 7.40. The van der Waals surface area contributed by atoms with Gasteiger partial charge in [-0.05, 0) is 60.6 Å². The molecule has 0 saturated carbocycles. The summed E-state index contributed by atoms with van der Waals surface area (Å²) in [4.78, 5) is 46.1. The lowest BCUT2D eigenvalue weighted by Crippen LogP contribution is -2.45. The quantitative estimate of drug-likeness (QED) is 0.128.